The molecule has 3 aromatic rings. The third kappa shape index (κ3) is 6.07. The lowest BCUT2D eigenvalue weighted by molar-refractivity contribution is -0.121. The van der Waals surface area contributed by atoms with Crippen molar-refractivity contribution in [2.45, 2.75) is 13.0 Å². The third-order valence-corrected chi connectivity index (χ3v) is 6.08. The summed E-state index contributed by atoms with van der Waals surface area (Å²) in [5.74, 6) is 0.865. The molecule has 4 rings (SSSR count). The van der Waals surface area contributed by atoms with Gasteiger partial charge in [-0.25, -0.2) is 14.4 Å². The summed E-state index contributed by atoms with van der Waals surface area (Å²) in [4.78, 5) is 37.6. The number of hydrogen-bond donors (Lipinski definition) is 1. The second kappa shape index (κ2) is 11.3. The number of carbonyl (C=O) groups excluding carboxylic acids is 2. The van der Waals surface area contributed by atoms with Crippen molar-refractivity contribution in [2.75, 3.05) is 38.6 Å². The number of nitrogens with one attached hydrogen (secondary N) is 1. The third-order valence-electron chi connectivity index (χ3n) is 5.81. The van der Waals surface area contributed by atoms with Crippen LogP contribution in [-0.4, -0.2) is 70.9 Å². The molecule has 3 heterocycles. The first kappa shape index (κ1) is 25.3. The second-order valence-corrected chi connectivity index (χ2v) is 8.55. The van der Waals surface area contributed by atoms with Crippen LogP contribution in [0.3, 0.4) is 0 Å². The number of pyridine rings is 2. The fourth-order valence-corrected chi connectivity index (χ4v) is 3.98. The van der Waals surface area contributed by atoms with E-state index in [-0.39, 0.29) is 28.5 Å². The molecule has 2 amide bonds. The molecule has 1 fully saturated rings. The number of amides is 2. The Morgan fingerprint density at radius 3 is 2.33 bits per heavy atom. The Bertz CT molecular complexity index is 1220. The van der Waals surface area contributed by atoms with E-state index < -0.39 is 6.04 Å². The van der Waals surface area contributed by atoms with E-state index in [2.05, 4.69) is 15.3 Å². The molecule has 0 bridgehead atoms. The minimum absolute atomic E-state index is 0.170. The molecule has 0 aliphatic carbocycles. The lowest BCUT2D eigenvalue weighted by Gasteiger charge is -2.37. The molecule has 1 aliphatic heterocycles. The highest BCUT2D eigenvalue weighted by Gasteiger charge is 2.28. The standard InChI is InChI=1S/C25H25ClFN5O4/c1-16(23(33)30-22-8-7-20(15-28-22)36-19-5-3-18(27)4-6-19)31-9-11-32(12-10-31)25(34)17-13-21(26)24(35-2)29-14-17/h3-8,13-16H,9-12H2,1-2H3,(H,28,30,33). The van der Waals surface area contributed by atoms with E-state index in [4.69, 9.17) is 21.1 Å². The van der Waals surface area contributed by atoms with E-state index in [9.17, 15) is 14.0 Å². The lowest BCUT2D eigenvalue weighted by Crippen LogP contribution is -2.54. The topological polar surface area (TPSA) is 96.9 Å². The molecule has 0 radical (unpaired) electrons. The maximum absolute atomic E-state index is 13.0. The highest BCUT2D eigenvalue weighted by atomic mass is 35.5. The summed E-state index contributed by atoms with van der Waals surface area (Å²) in [6.45, 7) is 3.82. The summed E-state index contributed by atoms with van der Waals surface area (Å²) >= 11 is 6.09. The maximum Gasteiger partial charge on any atom is 0.255 e. The molecule has 1 N–H and O–H groups in total. The SMILES string of the molecule is COc1ncc(C(=O)N2CCN(C(C)C(=O)Nc3ccc(Oc4ccc(F)cc4)cn3)CC2)cc1Cl. The molecule has 9 nitrogen and oxygen atoms in total. The number of methoxy groups -OCH3 is 1. The van der Waals surface area contributed by atoms with Crippen LogP contribution >= 0.6 is 11.6 Å². The van der Waals surface area contributed by atoms with Crippen molar-refractivity contribution >= 4 is 29.2 Å². The molecule has 1 aromatic carbocycles. The fraction of sp³-hybridized carbons (Fsp3) is 0.280. The summed E-state index contributed by atoms with van der Waals surface area (Å²) in [6, 6.07) is 10.1. The molecule has 0 spiro atoms. The van der Waals surface area contributed by atoms with Crippen LogP contribution in [0.15, 0.2) is 54.9 Å². The van der Waals surface area contributed by atoms with Crippen molar-refractivity contribution in [3.63, 3.8) is 0 Å². The molecule has 1 saturated heterocycles. The number of rotatable bonds is 7. The van der Waals surface area contributed by atoms with Crippen molar-refractivity contribution in [2.24, 2.45) is 0 Å². The largest absolute Gasteiger partial charge is 0.480 e. The summed E-state index contributed by atoms with van der Waals surface area (Å²) in [5.41, 5.74) is 0.387. The smallest absolute Gasteiger partial charge is 0.255 e. The number of anilines is 1. The Kier molecular flexibility index (Phi) is 7.97. The van der Waals surface area contributed by atoms with Gasteiger partial charge in [0.15, 0.2) is 0 Å². The Morgan fingerprint density at radius 2 is 1.72 bits per heavy atom. The molecular weight excluding hydrogens is 489 g/mol. The number of nitrogens with zero attached hydrogens (tertiary/aromatic N) is 4. The molecule has 188 valence electrons. The maximum atomic E-state index is 13.0. The van der Waals surface area contributed by atoms with Crippen LogP contribution in [0.2, 0.25) is 5.02 Å². The first-order valence-corrected chi connectivity index (χ1v) is 11.6. The zero-order valence-electron chi connectivity index (χ0n) is 19.8. The first-order chi connectivity index (χ1) is 17.3. The van der Waals surface area contributed by atoms with Gasteiger partial charge in [-0.2, -0.15) is 0 Å². The second-order valence-electron chi connectivity index (χ2n) is 8.14. The van der Waals surface area contributed by atoms with Crippen LogP contribution in [0.4, 0.5) is 10.2 Å². The fourth-order valence-electron chi connectivity index (χ4n) is 3.74. The van der Waals surface area contributed by atoms with Crippen molar-refractivity contribution < 1.29 is 23.5 Å². The van der Waals surface area contributed by atoms with Crippen LogP contribution in [-0.2, 0) is 4.79 Å². The van der Waals surface area contributed by atoms with Gasteiger partial charge in [0.1, 0.15) is 28.2 Å². The minimum atomic E-state index is -0.420. The summed E-state index contributed by atoms with van der Waals surface area (Å²) in [5, 5.41) is 3.08. The Balaban J connectivity index is 1.27. The van der Waals surface area contributed by atoms with E-state index in [0.717, 1.165) is 0 Å². The molecule has 36 heavy (non-hydrogen) atoms. The summed E-state index contributed by atoms with van der Waals surface area (Å²) in [6.07, 6.45) is 2.92. The molecule has 0 saturated carbocycles. The summed E-state index contributed by atoms with van der Waals surface area (Å²) < 4.78 is 23.7. The van der Waals surface area contributed by atoms with Gasteiger partial charge in [0, 0.05) is 32.4 Å². The van der Waals surface area contributed by atoms with Crippen molar-refractivity contribution in [1.29, 1.82) is 0 Å². The van der Waals surface area contributed by atoms with E-state index in [1.54, 1.807) is 23.1 Å². The number of carbonyl (C=O) groups is 2. The zero-order chi connectivity index (χ0) is 25.7. The Hall–Kier alpha value is -3.76. The first-order valence-electron chi connectivity index (χ1n) is 11.3. The van der Waals surface area contributed by atoms with Gasteiger partial charge in [0.05, 0.1) is 24.9 Å². The Morgan fingerprint density at radius 1 is 1.03 bits per heavy atom. The number of aromatic nitrogens is 2. The van der Waals surface area contributed by atoms with E-state index in [1.807, 2.05) is 11.8 Å². The molecule has 1 unspecified atom stereocenters. The van der Waals surface area contributed by atoms with Gasteiger partial charge in [-0.05, 0) is 49.4 Å². The van der Waals surface area contributed by atoms with Gasteiger partial charge in [0.2, 0.25) is 11.8 Å². The minimum Gasteiger partial charge on any atom is -0.480 e. The number of ether oxygens (including phenoxy) is 2. The van der Waals surface area contributed by atoms with Crippen LogP contribution in [0.5, 0.6) is 17.4 Å². The monoisotopic (exact) mass is 513 g/mol. The van der Waals surface area contributed by atoms with Gasteiger partial charge in [0.25, 0.3) is 5.91 Å². The number of benzene rings is 1. The molecule has 11 heteroatoms. The van der Waals surface area contributed by atoms with Crippen LogP contribution < -0.4 is 14.8 Å². The van der Waals surface area contributed by atoms with Crippen LogP contribution in [0, 0.1) is 5.82 Å². The van der Waals surface area contributed by atoms with Gasteiger partial charge >= 0.3 is 0 Å². The highest BCUT2D eigenvalue weighted by molar-refractivity contribution is 6.32. The average molecular weight is 514 g/mol. The zero-order valence-corrected chi connectivity index (χ0v) is 20.5. The predicted molar refractivity (Wildman–Crippen MR) is 132 cm³/mol. The van der Waals surface area contributed by atoms with Crippen molar-refractivity contribution in [1.82, 2.24) is 19.8 Å². The predicted octanol–water partition coefficient (Wildman–Crippen LogP) is 3.86. The van der Waals surface area contributed by atoms with E-state index in [1.165, 1.54) is 43.8 Å². The van der Waals surface area contributed by atoms with Crippen molar-refractivity contribution in [3.8, 4) is 17.4 Å². The van der Waals surface area contributed by atoms with Crippen molar-refractivity contribution in [3.05, 3.63) is 71.3 Å². The number of piperazine rings is 1. The van der Waals surface area contributed by atoms with Gasteiger partial charge in [-0.15, -0.1) is 0 Å². The molecule has 1 atom stereocenters. The van der Waals surface area contributed by atoms with Crippen LogP contribution in [0.1, 0.15) is 17.3 Å². The number of halogens is 2. The number of hydrogen-bond acceptors (Lipinski definition) is 7. The van der Waals surface area contributed by atoms with Gasteiger partial charge in [-0.3, -0.25) is 14.5 Å². The summed E-state index contributed by atoms with van der Waals surface area (Å²) in [7, 11) is 1.46. The van der Waals surface area contributed by atoms with Gasteiger partial charge in [-0.1, -0.05) is 11.6 Å². The lowest BCUT2D eigenvalue weighted by atomic mass is 10.2. The highest BCUT2D eigenvalue weighted by Crippen LogP contribution is 2.24. The molecular formula is C25H25ClFN5O4. The van der Waals surface area contributed by atoms with E-state index >= 15 is 0 Å². The Labute approximate surface area is 212 Å². The molecule has 1 aliphatic rings. The molecule has 2 aromatic heterocycles. The van der Waals surface area contributed by atoms with Crippen LogP contribution in [0.25, 0.3) is 0 Å². The quantitative estimate of drug-likeness (QED) is 0.512. The normalized spacial score (nSPS) is 14.7. The van der Waals surface area contributed by atoms with Gasteiger partial charge < -0.3 is 19.7 Å². The average Bonchev–Trinajstić information content (AvgIpc) is 2.90. The van der Waals surface area contributed by atoms with E-state index in [0.29, 0.717) is 49.1 Å².